The summed E-state index contributed by atoms with van der Waals surface area (Å²) in [5.74, 6) is 0. The molecule has 0 amide bonds. The molecule has 10 heavy (non-hydrogen) atoms. The third-order valence-corrected chi connectivity index (χ3v) is 3.40. The van der Waals surface area contributed by atoms with Gasteiger partial charge in [-0.25, -0.2) is 0 Å². The molecule has 1 rings (SSSR count). The van der Waals surface area contributed by atoms with Crippen LogP contribution in [0.2, 0.25) is 0 Å². The molecular weight excluding hydrogens is 251 g/mol. The van der Waals surface area contributed by atoms with E-state index in [-0.39, 0.29) is 0 Å². The van der Waals surface area contributed by atoms with Crippen molar-refractivity contribution >= 4 is 32.8 Å². The van der Waals surface area contributed by atoms with Gasteiger partial charge in [0.2, 0.25) is 0 Å². The normalized spacial score (nSPS) is 10.2. The Hall–Kier alpha value is 0.167. The van der Waals surface area contributed by atoms with Crippen LogP contribution in [0.15, 0.2) is 18.2 Å². The van der Waals surface area contributed by atoms with E-state index in [0.717, 1.165) is 0 Å². The van der Waals surface area contributed by atoms with Crippen molar-refractivity contribution in [3.05, 3.63) is 32.9 Å². The second-order valence-electron chi connectivity index (χ2n) is 2.45. The molecule has 0 aliphatic carbocycles. The largest absolute Gasteiger partial charge is 0.0583 e. The van der Waals surface area contributed by atoms with Gasteiger partial charge in [-0.05, 0) is 47.2 Å². The van der Waals surface area contributed by atoms with Crippen LogP contribution in [0.25, 0.3) is 0 Å². The Balaban J connectivity index is 3.09. The average molecular weight is 262 g/mol. The van der Waals surface area contributed by atoms with Crippen molar-refractivity contribution in [2.24, 2.45) is 0 Å². The second kappa shape index (κ2) is 3.53. The first kappa shape index (κ1) is 8.27. The van der Waals surface area contributed by atoms with Gasteiger partial charge in [-0.3, -0.25) is 0 Å². The van der Waals surface area contributed by atoms with Crippen LogP contribution in [-0.4, -0.2) is 10.2 Å². The van der Waals surface area contributed by atoms with Gasteiger partial charge in [0.05, 0.1) is 0 Å². The topological polar surface area (TPSA) is 0 Å². The molecule has 0 bridgehead atoms. The zero-order valence-electron chi connectivity index (χ0n) is 6.32. The molecule has 54 valence electrons. The van der Waals surface area contributed by atoms with Gasteiger partial charge < -0.3 is 0 Å². The first-order chi connectivity index (χ1) is 4.74. The zero-order valence-corrected chi connectivity index (χ0v) is 10.5. The summed E-state index contributed by atoms with van der Waals surface area (Å²) in [4.78, 5) is 0. The lowest BCUT2D eigenvalue weighted by molar-refractivity contribution is 1.32. The van der Waals surface area contributed by atoms with Crippen LogP contribution < -0.4 is 0 Å². The highest BCUT2D eigenvalue weighted by molar-refractivity contribution is 14.1. The van der Waals surface area contributed by atoms with Gasteiger partial charge in [-0.15, -0.1) is 0 Å². The van der Waals surface area contributed by atoms with E-state index in [1.807, 2.05) is 0 Å². The standard InChI is InChI=1S/C8H11ISi/c1-6-2-3-8(9)7(4-6)5-10/h2-4H,5H2,1,10H3. The molecule has 0 unspecified atom stereocenters. The maximum atomic E-state index is 2.40. The van der Waals surface area contributed by atoms with Crippen LogP contribution in [0.1, 0.15) is 11.1 Å². The van der Waals surface area contributed by atoms with E-state index in [4.69, 9.17) is 0 Å². The molecule has 0 aliphatic heterocycles. The van der Waals surface area contributed by atoms with Gasteiger partial charge >= 0.3 is 0 Å². The molecule has 0 N–H and O–H groups in total. The summed E-state index contributed by atoms with van der Waals surface area (Å²) in [6, 6.07) is 7.93. The van der Waals surface area contributed by atoms with E-state index in [2.05, 4.69) is 47.7 Å². The molecular formula is C8H11ISi. The van der Waals surface area contributed by atoms with Crippen molar-refractivity contribution in [2.75, 3.05) is 0 Å². The summed E-state index contributed by atoms with van der Waals surface area (Å²) in [5.41, 5.74) is 2.90. The summed E-state index contributed by atoms with van der Waals surface area (Å²) >= 11 is 2.40. The molecule has 0 atom stereocenters. The van der Waals surface area contributed by atoms with Crippen molar-refractivity contribution in [3.63, 3.8) is 0 Å². The van der Waals surface area contributed by atoms with E-state index < -0.39 is 0 Å². The van der Waals surface area contributed by atoms with E-state index in [0.29, 0.717) is 0 Å². The molecule has 0 aromatic heterocycles. The Bertz CT molecular complexity index is 233. The highest BCUT2D eigenvalue weighted by atomic mass is 127. The third kappa shape index (κ3) is 1.82. The molecule has 1 aromatic carbocycles. The fourth-order valence-electron chi connectivity index (χ4n) is 0.974. The van der Waals surface area contributed by atoms with Crippen molar-refractivity contribution in [2.45, 2.75) is 13.0 Å². The van der Waals surface area contributed by atoms with E-state index in [9.17, 15) is 0 Å². The summed E-state index contributed by atoms with van der Waals surface area (Å²) in [7, 11) is 1.27. The lowest BCUT2D eigenvalue weighted by Gasteiger charge is -2.00. The van der Waals surface area contributed by atoms with Gasteiger partial charge in [-0.2, -0.15) is 0 Å². The first-order valence-electron chi connectivity index (χ1n) is 3.49. The Labute approximate surface area is 78.6 Å². The summed E-state index contributed by atoms with van der Waals surface area (Å²) in [6.45, 7) is 2.15. The number of hydrogen-bond acceptors (Lipinski definition) is 0. The second-order valence-corrected chi connectivity index (χ2v) is 4.32. The van der Waals surface area contributed by atoms with Gasteiger partial charge in [0.1, 0.15) is 0 Å². The van der Waals surface area contributed by atoms with Crippen molar-refractivity contribution in [1.29, 1.82) is 0 Å². The van der Waals surface area contributed by atoms with Crippen LogP contribution in [0, 0.1) is 10.5 Å². The lowest BCUT2D eigenvalue weighted by Crippen LogP contribution is -1.88. The number of benzene rings is 1. The molecule has 0 nitrogen and oxygen atoms in total. The van der Waals surface area contributed by atoms with Gasteiger partial charge in [0.15, 0.2) is 0 Å². The molecule has 0 saturated carbocycles. The minimum atomic E-state index is 1.27. The fraction of sp³-hybridized carbons (Fsp3) is 0.250. The number of halogens is 1. The average Bonchev–Trinajstić information content (AvgIpc) is 1.94. The molecule has 1 aromatic rings. The van der Waals surface area contributed by atoms with E-state index in [1.54, 1.807) is 0 Å². The Morgan fingerprint density at radius 2 is 2.20 bits per heavy atom. The van der Waals surface area contributed by atoms with Crippen LogP contribution in [0.5, 0.6) is 0 Å². The van der Waals surface area contributed by atoms with Crippen LogP contribution in [-0.2, 0) is 6.04 Å². The molecule has 0 spiro atoms. The van der Waals surface area contributed by atoms with E-state index >= 15 is 0 Å². The van der Waals surface area contributed by atoms with E-state index in [1.165, 1.54) is 31.0 Å². The number of hydrogen-bond donors (Lipinski definition) is 0. The predicted molar refractivity (Wildman–Crippen MR) is 57.5 cm³/mol. The third-order valence-electron chi connectivity index (χ3n) is 1.58. The smallest absolute Gasteiger partial charge is 0.0159 e. The zero-order chi connectivity index (χ0) is 7.56. The van der Waals surface area contributed by atoms with Crippen LogP contribution in [0.4, 0.5) is 0 Å². The van der Waals surface area contributed by atoms with Gasteiger partial charge in [-0.1, -0.05) is 17.7 Å². The highest BCUT2D eigenvalue weighted by Gasteiger charge is 1.94. The fourth-order valence-corrected chi connectivity index (χ4v) is 3.00. The first-order valence-corrected chi connectivity index (χ1v) is 5.98. The molecule has 0 fully saturated rings. The molecule has 2 heteroatoms. The highest BCUT2D eigenvalue weighted by Crippen LogP contribution is 2.13. The van der Waals surface area contributed by atoms with Gasteiger partial charge in [0, 0.05) is 13.8 Å². The molecule has 0 aliphatic rings. The minimum absolute atomic E-state index is 1.27. The molecule has 0 saturated heterocycles. The summed E-state index contributed by atoms with van der Waals surface area (Å²) in [5, 5.41) is 0. The quantitative estimate of drug-likeness (QED) is 0.531. The summed E-state index contributed by atoms with van der Waals surface area (Å²) < 4.78 is 1.42. The number of rotatable bonds is 1. The van der Waals surface area contributed by atoms with Crippen LogP contribution >= 0.6 is 22.6 Å². The SMILES string of the molecule is Cc1ccc(I)c(C[SiH3])c1. The number of aryl methyl sites for hydroxylation is 1. The lowest BCUT2D eigenvalue weighted by atomic mass is 10.2. The predicted octanol–water partition coefficient (Wildman–Crippen LogP) is 1.47. The maximum absolute atomic E-state index is 2.40. The van der Waals surface area contributed by atoms with Crippen LogP contribution in [0.3, 0.4) is 0 Å². The van der Waals surface area contributed by atoms with Gasteiger partial charge in [0.25, 0.3) is 0 Å². The van der Waals surface area contributed by atoms with Crippen molar-refractivity contribution in [3.8, 4) is 0 Å². The van der Waals surface area contributed by atoms with Crippen molar-refractivity contribution < 1.29 is 0 Å². The minimum Gasteiger partial charge on any atom is -0.0583 e. The monoisotopic (exact) mass is 262 g/mol. The Morgan fingerprint density at radius 3 is 2.70 bits per heavy atom. The maximum Gasteiger partial charge on any atom is 0.0159 e. The molecule has 0 heterocycles. The molecule has 0 radical (unpaired) electrons. The van der Waals surface area contributed by atoms with Crippen molar-refractivity contribution in [1.82, 2.24) is 0 Å². The Kier molecular flexibility index (Phi) is 2.91. The Morgan fingerprint density at radius 1 is 1.50 bits per heavy atom. The summed E-state index contributed by atoms with van der Waals surface area (Å²) in [6.07, 6.45) is 0.